The van der Waals surface area contributed by atoms with Crippen molar-refractivity contribution >= 4 is 17.5 Å². The maximum absolute atomic E-state index is 13.0. The number of nitrogens with one attached hydrogen (secondary N) is 1. The molecule has 0 saturated carbocycles. The summed E-state index contributed by atoms with van der Waals surface area (Å²) in [7, 11) is 0. The van der Waals surface area contributed by atoms with Gasteiger partial charge < -0.3 is 9.64 Å². The molecule has 3 rings (SSSR count). The monoisotopic (exact) mass is 305 g/mol. The third kappa shape index (κ3) is 3.14. The second-order valence-corrected chi connectivity index (χ2v) is 5.26. The molecule has 0 radical (unpaired) electrons. The molecule has 0 bridgehead atoms. The van der Waals surface area contributed by atoms with Crippen LogP contribution in [0.15, 0.2) is 29.4 Å². The average Bonchev–Trinajstić information content (AvgIpc) is 2.56. The molecule has 0 unspecified atom stereocenters. The van der Waals surface area contributed by atoms with Gasteiger partial charge in [0.1, 0.15) is 17.6 Å². The molecule has 6 nitrogen and oxygen atoms in total. The largest absolute Gasteiger partial charge is 0.370 e. The van der Waals surface area contributed by atoms with Crippen molar-refractivity contribution in [3.63, 3.8) is 0 Å². The van der Waals surface area contributed by atoms with E-state index in [1.807, 2.05) is 0 Å². The minimum absolute atomic E-state index is 0.178. The zero-order valence-electron chi connectivity index (χ0n) is 11.9. The van der Waals surface area contributed by atoms with Crippen LogP contribution in [-0.2, 0) is 14.3 Å². The van der Waals surface area contributed by atoms with Crippen molar-refractivity contribution in [2.45, 2.75) is 18.9 Å². The predicted octanol–water partition coefficient (Wildman–Crippen LogP) is 0.992. The fraction of sp³-hybridized carbons (Fsp3) is 0.400. The van der Waals surface area contributed by atoms with Crippen molar-refractivity contribution in [1.29, 1.82) is 0 Å². The van der Waals surface area contributed by atoms with Gasteiger partial charge >= 0.3 is 0 Å². The lowest BCUT2D eigenvalue weighted by atomic mass is 10.1. The molecule has 1 aromatic carbocycles. The summed E-state index contributed by atoms with van der Waals surface area (Å²) in [5.41, 5.74) is 3.52. The molecule has 7 heteroatoms. The first-order chi connectivity index (χ1) is 10.6. The van der Waals surface area contributed by atoms with E-state index in [1.165, 1.54) is 12.1 Å². The molecule has 1 aromatic rings. The van der Waals surface area contributed by atoms with Crippen LogP contribution in [0.3, 0.4) is 0 Å². The molecular formula is C15H16FN3O3. The van der Waals surface area contributed by atoms with Gasteiger partial charge in [0.25, 0.3) is 5.91 Å². The van der Waals surface area contributed by atoms with Crippen LogP contribution in [0.4, 0.5) is 4.39 Å². The maximum Gasteiger partial charge on any atom is 0.270 e. The van der Waals surface area contributed by atoms with Crippen LogP contribution in [0.5, 0.6) is 0 Å². The van der Waals surface area contributed by atoms with Gasteiger partial charge in [-0.05, 0) is 17.7 Å². The maximum atomic E-state index is 13.0. The topological polar surface area (TPSA) is 71.0 Å². The molecule has 22 heavy (non-hydrogen) atoms. The highest BCUT2D eigenvalue weighted by molar-refractivity contribution is 6.39. The van der Waals surface area contributed by atoms with E-state index in [9.17, 15) is 14.0 Å². The molecule has 1 N–H and O–H groups in total. The van der Waals surface area contributed by atoms with Crippen LogP contribution in [0.1, 0.15) is 24.5 Å². The summed E-state index contributed by atoms with van der Waals surface area (Å²) in [4.78, 5) is 25.2. The van der Waals surface area contributed by atoms with Crippen molar-refractivity contribution < 1.29 is 18.7 Å². The van der Waals surface area contributed by atoms with Crippen LogP contribution in [-0.4, -0.2) is 42.1 Å². The van der Waals surface area contributed by atoms with Crippen molar-refractivity contribution in [3.8, 4) is 0 Å². The molecule has 1 fully saturated rings. The van der Waals surface area contributed by atoms with Crippen LogP contribution < -0.4 is 5.43 Å². The summed E-state index contributed by atoms with van der Waals surface area (Å²) < 4.78 is 18.6. The number of amides is 2. The Morgan fingerprint density at radius 1 is 1.32 bits per heavy atom. The molecule has 116 valence electrons. The number of halogens is 1. The van der Waals surface area contributed by atoms with E-state index >= 15 is 0 Å². The Balaban J connectivity index is 1.69. The number of benzene rings is 1. The van der Waals surface area contributed by atoms with Crippen LogP contribution >= 0.6 is 0 Å². The summed E-state index contributed by atoms with van der Waals surface area (Å²) in [5, 5.41) is 3.83. The SMILES string of the molecule is O=C1CCC(C(=O)N2CCO[C@H](c3ccc(F)cc3)C2)=NN1. The van der Waals surface area contributed by atoms with Gasteiger partial charge in [-0.25, -0.2) is 9.82 Å². The molecule has 0 spiro atoms. The highest BCUT2D eigenvalue weighted by atomic mass is 19.1. The van der Waals surface area contributed by atoms with Gasteiger partial charge in [-0.3, -0.25) is 9.59 Å². The number of hydrazone groups is 1. The lowest BCUT2D eigenvalue weighted by Gasteiger charge is -2.33. The first-order valence-corrected chi connectivity index (χ1v) is 7.15. The first kappa shape index (κ1) is 14.6. The number of ether oxygens (including phenoxy) is 1. The van der Waals surface area contributed by atoms with Crippen molar-refractivity contribution in [3.05, 3.63) is 35.6 Å². The minimum Gasteiger partial charge on any atom is -0.370 e. The summed E-state index contributed by atoms with van der Waals surface area (Å²) in [5.74, 6) is -0.669. The Kier molecular flexibility index (Phi) is 4.15. The van der Waals surface area contributed by atoms with E-state index in [-0.39, 0.29) is 30.2 Å². The predicted molar refractivity (Wildman–Crippen MR) is 76.5 cm³/mol. The standard InChI is InChI=1S/C15H16FN3O3/c16-11-3-1-10(2-4-11)13-9-19(7-8-22-13)15(21)12-5-6-14(20)18-17-12/h1-4,13H,5-9H2,(H,18,20)/t13-/m0/s1. The Morgan fingerprint density at radius 2 is 2.09 bits per heavy atom. The Morgan fingerprint density at radius 3 is 2.77 bits per heavy atom. The number of rotatable bonds is 2. The van der Waals surface area contributed by atoms with E-state index in [4.69, 9.17) is 4.74 Å². The highest BCUT2D eigenvalue weighted by Gasteiger charge is 2.29. The van der Waals surface area contributed by atoms with Gasteiger partial charge in [0.2, 0.25) is 5.91 Å². The number of carbonyl (C=O) groups excluding carboxylic acids is 2. The summed E-state index contributed by atoms with van der Waals surface area (Å²) in [6, 6.07) is 6.07. The smallest absolute Gasteiger partial charge is 0.270 e. The lowest BCUT2D eigenvalue weighted by Crippen LogP contribution is -2.46. The van der Waals surface area contributed by atoms with Gasteiger partial charge in [-0.2, -0.15) is 5.10 Å². The summed E-state index contributed by atoms with van der Waals surface area (Å²) >= 11 is 0. The van der Waals surface area contributed by atoms with Crippen molar-refractivity contribution in [1.82, 2.24) is 10.3 Å². The normalized spacial score (nSPS) is 22.0. The van der Waals surface area contributed by atoms with Gasteiger partial charge in [-0.1, -0.05) is 12.1 Å². The van der Waals surface area contributed by atoms with Crippen LogP contribution in [0.2, 0.25) is 0 Å². The van der Waals surface area contributed by atoms with Crippen molar-refractivity contribution in [2.24, 2.45) is 5.10 Å². The zero-order valence-corrected chi connectivity index (χ0v) is 11.9. The number of hydrogen-bond acceptors (Lipinski definition) is 4. The number of morpholine rings is 1. The quantitative estimate of drug-likeness (QED) is 0.886. The van der Waals surface area contributed by atoms with Crippen LogP contribution in [0, 0.1) is 5.82 Å². The second-order valence-electron chi connectivity index (χ2n) is 5.26. The highest BCUT2D eigenvalue weighted by Crippen LogP contribution is 2.23. The van der Waals surface area contributed by atoms with E-state index in [0.717, 1.165) is 5.56 Å². The lowest BCUT2D eigenvalue weighted by molar-refractivity contribution is -0.132. The molecule has 2 amide bonds. The van der Waals surface area contributed by atoms with E-state index < -0.39 is 0 Å². The summed E-state index contributed by atoms with van der Waals surface area (Å²) in [6.45, 7) is 1.27. The Labute approximate surface area is 126 Å². The second kappa shape index (κ2) is 6.23. The van der Waals surface area contributed by atoms with Gasteiger partial charge in [0.15, 0.2) is 0 Å². The van der Waals surface area contributed by atoms with Crippen molar-refractivity contribution in [2.75, 3.05) is 19.7 Å². The van der Waals surface area contributed by atoms with Gasteiger partial charge in [0, 0.05) is 19.4 Å². The molecule has 0 aromatic heterocycles. The molecule has 2 aliphatic rings. The summed E-state index contributed by atoms with van der Waals surface area (Å²) in [6.07, 6.45) is 0.344. The third-order valence-corrected chi connectivity index (χ3v) is 3.75. The molecule has 1 saturated heterocycles. The molecule has 2 heterocycles. The van der Waals surface area contributed by atoms with E-state index in [1.54, 1.807) is 17.0 Å². The number of hydrogen-bond donors (Lipinski definition) is 1. The molecule has 1 atom stereocenters. The number of nitrogens with zero attached hydrogens (tertiary/aromatic N) is 2. The fourth-order valence-electron chi connectivity index (χ4n) is 2.52. The zero-order chi connectivity index (χ0) is 15.5. The molecular weight excluding hydrogens is 289 g/mol. The molecule has 0 aliphatic carbocycles. The average molecular weight is 305 g/mol. The van der Waals surface area contributed by atoms with Crippen LogP contribution in [0.25, 0.3) is 0 Å². The fourth-order valence-corrected chi connectivity index (χ4v) is 2.52. The Bertz CT molecular complexity index is 615. The first-order valence-electron chi connectivity index (χ1n) is 7.15. The molecule has 2 aliphatic heterocycles. The van der Waals surface area contributed by atoms with Gasteiger partial charge in [-0.15, -0.1) is 0 Å². The number of carbonyl (C=O) groups is 2. The van der Waals surface area contributed by atoms with E-state index in [0.29, 0.717) is 31.8 Å². The minimum atomic E-state index is -0.306. The Hall–Kier alpha value is -2.28. The van der Waals surface area contributed by atoms with Gasteiger partial charge in [0.05, 0.1) is 13.2 Å². The van der Waals surface area contributed by atoms with E-state index in [2.05, 4.69) is 10.5 Å². The third-order valence-electron chi connectivity index (χ3n) is 3.75.